The van der Waals surface area contributed by atoms with Crippen LogP contribution in [-0.2, 0) is 0 Å². The van der Waals surface area contributed by atoms with Crippen LogP contribution in [0, 0.1) is 0 Å². The van der Waals surface area contributed by atoms with Gasteiger partial charge in [-0.05, 0) is 0 Å². The Balaban J connectivity index is 2.92. The summed E-state index contributed by atoms with van der Waals surface area (Å²) in [5.41, 5.74) is 0. The first-order chi connectivity index (χ1) is 10.9. The van der Waals surface area contributed by atoms with E-state index >= 15 is 0 Å². The van der Waals surface area contributed by atoms with Crippen LogP contribution in [0.3, 0.4) is 0 Å². The first kappa shape index (κ1) is 20.6. The summed E-state index contributed by atoms with van der Waals surface area (Å²) in [5, 5.41) is 79.1. The minimum atomic E-state index is -1.48. The smallest absolute Gasteiger partial charge is 0.109 e. The Kier molecular flexibility index (Phi) is 8.79. The predicted octanol–water partition coefficient (Wildman–Crippen LogP) is -5.59. The highest BCUT2D eigenvalue weighted by Crippen LogP contribution is 2.18. The predicted molar refractivity (Wildman–Crippen MR) is 78.4 cm³/mol. The lowest BCUT2D eigenvalue weighted by Crippen LogP contribution is -2.69. The highest BCUT2D eigenvalue weighted by Gasteiger charge is 2.43. The van der Waals surface area contributed by atoms with Crippen LogP contribution in [0.5, 0.6) is 0 Å². The van der Waals surface area contributed by atoms with Crippen LogP contribution < -0.4 is 5.32 Å². The zero-order chi connectivity index (χ0) is 17.6. The second-order valence-electron chi connectivity index (χ2n) is 5.77. The van der Waals surface area contributed by atoms with Crippen molar-refractivity contribution in [2.45, 2.75) is 42.5 Å². The van der Waals surface area contributed by atoms with Gasteiger partial charge in [0.15, 0.2) is 0 Å². The van der Waals surface area contributed by atoms with E-state index in [-0.39, 0.29) is 6.54 Å². The van der Waals surface area contributed by atoms with Crippen molar-refractivity contribution in [3.05, 3.63) is 0 Å². The van der Waals surface area contributed by atoms with E-state index in [0.717, 1.165) is 0 Å². The summed E-state index contributed by atoms with van der Waals surface area (Å²) >= 11 is 0. The fourth-order valence-corrected chi connectivity index (χ4v) is 2.83. The number of aliphatic hydroxyl groups excluding tert-OH is 8. The quantitative estimate of drug-likeness (QED) is 0.197. The van der Waals surface area contributed by atoms with Crippen molar-refractivity contribution in [3.8, 4) is 0 Å². The average molecular weight is 340 g/mol. The molecule has 0 spiro atoms. The molecule has 138 valence electrons. The van der Waals surface area contributed by atoms with E-state index in [4.69, 9.17) is 0 Å². The van der Waals surface area contributed by atoms with Gasteiger partial charge in [-0.15, -0.1) is 0 Å². The van der Waals surface area contributed by atoms with Gasteiger partial charge in [0.1, 0.15) is 6.10 Å². The van der Waals surface area contributed by atoms with Crippen LogP contribution in [0.1, 0.15) is 0 Å². The maximum atomic E-state index is 10.1. The molecule has 0 bridgehead atoms. The molecule has 0 aliphatic carbocycles. The van der Waals surface area contributed by atoms with E-state index in [9.17, 15) is 40.9 Å². The summed E-state index contributed by atoms with van der Waals surface area (Å²) in [5.74, 6) is 0. The van der Waals surface area contributed by atoms with Gasteiger partial charge in [-0.1, -0.05) is 0 Å². The molecule has 0 aromatic rings. The largest absolute Gasteiger partial charge is 0.395 e. The fourth-order valence-electron chi connectivity index (χ4n) is 2.83. The normalized spacial score (nSPS) is 32.2. The summed E-state index contributed by atoms with van der Waals surface area (Å²) in [6.45, 7) is -2.27. The van der Waals surface area contributed by atoms with Gasteiger partial charge in [-0.25, -0.2) is 0 Å². The lowest BCUT2D eigenvalue weighted by Gasteiger charge is -2.45. The molecule has 9 N–H and O–H groups in total. The molecule has 0 radical (unpaired) electrons. The highest BCUT2D eigenvalue weighted by atomic mass is 16.4. The van der Waals surface area contributed by atoms with Crippen molar-refractivity contribution >= 4 is 0 Å². The Morgan fingerprint density at radius 2 is 1.13 bits per heavy atom. The number of hydrogen-bond acceptors (Lipinski definition) is 10. The third-order valence-electron chi connectivity index (χ3n) is 4.34. The maximum absolute atomic E-state index is 10.1. The van der Waals surface area contributed by atoms with Crippen molar-refractivity contribution in [3.63, 3.8) is 0 Å². The van der Waals surface area contributed by atoms with Crippen LogP contribution in [0.2, 0.25) is 0 Å². The monoisotopic (exact) mass is 340 g/mol. The van der Waals surface area contributed by atoms with E-state index in [0.29, 0.717) is 0 Å². The zero-order valence-corrected chi connectivity index (χ0v) is 12.8. The van der Waals surface area contributed by atoms with Gasteiger partial charge in [0.25, 0.3) is 0 Å². The van der Waals surface area contributed by atoms with Crippen LogP contribution in [0.4, 0.5) is 0 Å². The molecular weight excluding hydrogens is 312 g/mol. The molecule has 1 aliphatic rings. The molecule has 10 nitrogen and oxygen atoms in total. The van der Waals surface area contributed by atoms with Gasteiger partial charge in [-0.3, -0.25) is 4.90 Å². The van der Waals surface area contributed by atoms with Gasteiger partial charge < -0.3 is 46.2 Å². The second-order valence-corrected chi connectivity index (χ2v) is 5.77. The number of aliphatic hydroxyl groups is 8. The van der Waals surface area contributed by atoms with E-state index < -0.39 is 75.5 Å². The van der Waals surface area contributed by atoms with Gasteiger partial charge in [0.05, 0.1) is 63.4 Å². The topological polar surface area (TPSA) is 177 Å². The Bertz CT molecular complexity index is 315. The van der Waals surface area contributed by atoms with Crippen molar-refractivity contribution < 1.29 is 40.9 Å². The molecule has 0 aromatic heterocycles. The molecular formula is C13H28N2O8. The molecule has 0 amide bonds. The SMILES string of the molecule is OCC1NC(CN(C(CO)CO)C(CO)CO)C(O)C(O)C1O. The first-order valence-electron chi connectivity index (χ1n) is 7.55. The summed E-state index contributed by atoms with van der Waals surface area (Å²) in [7, 11) is 0. The van der Waals surface area contributed by atoms with Gasteiger partial charge in [0.2, 0.25) is 0 Å². The van der Waals surface area contributed by atoms with Crippen molar-refractivity contribution in [1.29, 1.82) is 0 Å². The van der Waals surface area contributed by atoms with Crippen molar-refractivity contribution in [2.75, 3.05) is 39.6 Å². The average Bonchev–Trinajstić information content (AvgIpc) is 2.57. The van der Waals surface area contributed by atoms with Gasteiger partial charge in [0, 0.05) is 12.6 Å². The molecule has 1 saturated heterocycles. The van der Waals surface area contributed by atoms with E-state index in [1.165, 1.54) is 4.90 Å². The first-order valence-corrected chi connectivity index (χ1v) is 7.55. The molecule has 0 saturated carbocycles. The van der Waals surface area contributed by atoms with E-state index in [2.05, 4.69) is 5.32 Å². The molecule has 0 aromatic carbocycles. The lowest BCUT2D eigenvalue weighted by molar-refractivity contribution is -0.127. The summed E-state index contributed by atoms with van der Waals surface area (Å²) in [6, 6.07) is -3.25. The summed E-state index contributed by atoms with van der Waals surface area (Å²) in [4.78, 5) is 1.42. The molecule has 1 aliphatic heterocycles. The third kappa shape index (κ3) is 4.79. The number of piperidine rings is 1. The lowest BCUT2D eigenvalue weighted by atomic mass is 9.90. The molecule has 1 heterocycles. The van der Waals surface area contributed by atoms with Crippen LogP contribution in [-0.4, -0.2) is 128 Å². The van der Waals surface area contributed by atoms with Crippen LogP contribution in [0.25, 0.3) is 0 Å². The van der Waals surface area contributed by atoms with Crippen molar-refractivity contribution in [1.82, 2.24) is 10.2 Å². The summed E-state index contributed by atoms with van der Waals surface area (Å²) < 4.78 is 0. The highest BCUT2D eigenvalue weighted by molar-refractivity contribution is 5.00. The fraction of sp³-hybridized carbons (Fsp3) is 1.00. The number of rotatable bonds is 9. The standard InChI is InChI=1S/C13H28N2O8/c16-2-7(3-17)15(8(4-18)5-19)1-9-11(21)13(23)12(22)10(6-20)14-9/h7-14,16-23H,1-6H2. The number of hydrogen-bond donors (Lipinski definition) is 9. The van der Waals surface area contributed by atoms with Crippen LogP contribution in [0.15, 0.2) is 0 Å². The Hall–Kier alpha value is -0.400. The summed E-state index contributed by atoms with van der Waals surface area (Å²) in [6.07, 6.45) is -4.20. The van der Waals surface area contributed by atoms with Gasteiger partial charge >= 0.3 is 0 Å². The Labute approximate surface area is 134 Å². The molecule has 23 heavy (non-hydrogen) atoms. The number of nitrogens with zero attached hydrogens (tertiary/aromatic N) is 1. The van der Waals surface area contributed by atoms with Gasteiger partial charge in [-0.2, -0.15) is 0 Å². The van der Waals surface area contributed by atoms with E-state index in [1.54, 1.807) is 0 Å². The molecule has 1 fully saturated rings. The maximum Gasteiger partial charge on any atom is 0.109 e. The second kappa shape index (κ2) is 9.79. The number of nitrogens with one attached hydrogen (secondary N) is 1. The molecule has 5 atom stereocenters. The minimum absolute atomic E-state index is 0.0426. The minimum Gasteiger partial charge on any atom is -0.395 e. The molecule has 10 heteroatoms. The molecule has 5 unspecified atom stereocenters. The third-order valence-corrected chi connectivity index (χ3v) is 4.34. The Morgan fingerprint density at radius 3 is 1.52 bits per heavy atom. The van der Waals surface area contributed by atoms with E-state index in [1.807, 2.05) is 0 Å². The zero-order valence-electron chi connectivity index (χ0n) is 12.8. The Morgan fingerprint density at radius 1 is 0.696 bits per heavy atom. The van der Waals surface area contributed by atoms with Crippen molar-refractivity contribution in [2.24, 2.45) is 0 Å². The van der Waals surface area contributed by atoms with Crippen LogP contribution >= 0.6 is 0 Å². The molecule has 1 rings (SSSR count).